The van der Waals surface area contributed by atoms with Crippen molar-refractivity contribution in [1.29, 1.82) is 0 Å². The molecule has 0 aliphatic heterocycles. The zero-order valence-electron chi connectivity index (χ0n) is 22.5. The van der Waals surface area contributed by atoms with Crippen LogP contribution in [0.25, 0.3) is 5.70 Å². The summed E-state index contributed by atoms with van der Waals surface area (Å²) >= 11 is 0. The predicted molar refractivity (Wildman–Crippen MR) is 153 cm³/mol. The molecule has 4 rings (SSSR count). The van der Waals surface area contributed by atoms with Crippen molar-refractivity contribution in [3.8, 4) is 0 Å². The van der Waals surface area contributed by atoms with E-state index in [-0.39, 0.29) is 17.9 Å². The van der Waals surface area contributed by atoms with Crippen LogP contribution in [-0.4, -0.2) is 17.2 Å². The zero-order chi connectivity index (χ0) is 28.2. The monoisotopic (exact) mass is 532 g/mol. The molecule has 1 fully saturated rings. The van der Waals surface area contributed by atoms with E-state index in [2.05, 4.69) is 65.7 Å². The van der Waals surface area contributed by atoms with Crippen molar-refractivity contribution in [1.82, 2.24) is 15.5 Å². The lowest BCUT2D eigenvalue weighted by molar-refractivity contribution is -0.138. The molecule has 7 heteroatoms. The number of halogens is 3. The number of nitrogens with one attached hydrogen (secondary N) is 3. The van der Waals surface area contributed by atoms with Gasteiger partial charge in [0.05, 0.1) is 11.8 Å². The minimum Gasteiger partial charge on any atom is -0.394 e. The predicted octanol–water partition coefficient (Wildman–Crippen LogP) is 7.95. The number of aromatic nitrogens is 2. The van der Waals surface area contributed by atoms with Gasteiger partial charge in [-0.3, -0.25) is 5.10 Å². The Morgan fingerprint density at radius 2 is 1.82 bits per heavy atom. The van der Waals surface area contributed by atoms with Crippen molar-refractivity contribution >= 4 is 11.5 Å². The molecule has 1 heterocycles. The molecule has 0 saturated heterocycles. The number of rotatable bonds is 9. The van der Waals surface area contributed by atoms with Crippen LogP contribution in [-0.2, 0) is 25.4 Å². The molecule has 3 N–H and O–H groups in total. The highest BCUT2D eigenvalue weighted by atomic mass is 19.4. The Morgan fingerprint density at radius 3 is 2.49 bits per heavy atom. The van der Waals surface area contributed by atoms with E-state index in [9.17, 15) is 13.2 Å². The number of hydrogen-bond acceptors (Lipinski definition) is 3. The van der Waals surface area contributed by atoms with Crippen LogP contribution in [0.4, 0.5) is 19.0 Å². The van der Waals surface area contributed by atoms with Gasteiger partial charge < -0.3 is 10.6 Å². The highest BCUT2D eigenvalue weighted by Gasteiger charge is 2.33. The van der Waals surface area contributed by atoms with Crippen molar-refractivity contribution in [3.05, 3.63) is 125 Å². The summed E-state index contributed by atoms with van der Waals surface area (Å²) in [5.41, 5.74) is 7.18. The molecule has 204 valence electrons. The molecule has 0 spiro atoms. The van der Waals surface area contributed by atoms with Gasteiger partial charge in [-0.05, 0) is 77.1 Å². The minimum absolute atomic E-state index is 0.165. The SMILES string of the molecule is C=C1CC(=C)/C(=C\NC)C(c2ccc(CCc3ccc(C(=C)Nc4ccn[nH]4)cc3C(F)(F)F)c(CC)c2)C1. The summed E-state index contributed by atoms with van der Waals surface area (Å²) < 4.78 is 42.2. The maximum atomic E-state index is 14.1. The summed E-state index contributed by atoms with van der Waals surface area (Å²) in [7, 11) is 1.88. The van der Waals surface area contributed by atoms with Crippen molar-refractivity contribution in [2.24, 2.45) is 0 Å². The maximum absolute atomic E-state index is 14.1. The van der Waals surface area contributed by atoms with Gasteiger partial charge in [-0.1, -0.05) is 62.6 Å². The van der Waals surface area contributed by atoms with E-state index in [1.165, 1.54) is 17.2 Å². The Kier molecular flexibility index (Phi) is 8.48. The highest BCUT2D eigenvalue weighted by molar-refractivity contribution is 5.74. The van der Waals surface area contributed by atoms with E-state index in [4.69, 9.17) is 0 Å². The van der Waals surface area contributed by atoms with Crippen molar-refractivity contribution in [2.75, 3.05) is 12.4 Å². The van der Waals surface area contributed by atoms with Gasteiger partial charge in [-0.2, -0.15) is 18.3 Å². The third-order valence-electron chi connectivity index (χ3n) is 7.27. The first-order valence-corrected chi connectivity index (χ1v) is 13.1. The quantitative estimate of drug-likeness (QED) is 0.245. The first-order valence-electron chi connectivity index (χ1n) is 13.1. The number of H-pyrrole nitrogens is 1. The van der Waals surface area contributed by atoms with E-state index in [1.807, 2.05) is 13.2 Å². The molecule has 1 aliphatic carbocycles. The fourth-order valence-corrected chi connectivity index (χ4v) is 5.29. The number of hydrogen-bond donors (Lipinski definition) is 3. The number of benzene rings is 2. The van der Waals surface area contributed by atoms with Crippen molar-refractivity contribution < 1.29 is 13.2 Å². The summed E-state index contributed by atoms with van der Waals surface area (Å²) in [6.07, 6.45) is 2.35. The molecule has 1 aromatic heterocycles. The average molecular weight is 533 g/mol. The van der Waals surface area contributed by atoms with E-state index >= 15 is 0 Å². The van der Waals surface area contributed by atoms with Gasteiger partial charge in [-0.15, -0.1) is 0 Å². The summed E-state index contributed by atoms with van der Waals surface area (Å²) in [5, 5.41) is 12.7. The Bertz CT molecular complexity index is 1400. The standard InChI is InChI=1S/C32H35F3N4/c1-6-23-17-27(28-16-20(2)15-21(3)29(28)19-36-5)12-8-24(23)7-9-25-10-11-26(18-30(25)32(33,34)35)22(4)38-31-13-14-37-39-31/h8,10-14,17-19,28,36H,2-4,6-7,9,15-16H2,1,5H3,(H2,37,38,39)/b29-19+. The molecular formula is C32H35F3N4. The summed E-state index contributed by atoms with van der Waals surface area (Å²) in [6.45, 7) is 14.4. The number of nitrogens with zero attached hydrogens (tertiary/aromatic N) is 1. The molecule has 1 atom stereocenters. The van der Waals surface area contributed by atoms with Gasteiger partial charge in [0.1, 0.15) is 5.82 Å². The molecule has 1 unspecified atom stereocenters. The molecule has 3 aromatic rings. The maximum Gasteiger partial charge on any atom is 0.416 e. The van der Waals surface area contributed by atoms with E-state index in [0.29, 0.717) is 23.5 Å². The fraction of sp³-hybridized carbons (Fsp3) is 0.281. The number of aryl methyl sites for hydroxylation is 3. The molecule has 0 bridgehead atoms. The highest BCUT2D eigenvalue weighted by Crippen LogP contribution is 2.42. The molecule has 39 heavy (non-hydrogen) atoms. The normalized spacial score (nSPS) is 16.9. The molecule has 1 aliphatic rings. The molecule has 0 radical (unpaired) electrons. The first-order chi connectivity index (χ1) is 18.6. The lowest BCUT2D eigenvalue weighted by atomic mass is 9.75. The van der Waals surface area contributed by atoms with E-state index in [1.54, 1.807) is 24.4 Å². The van der Waals surface area contributed by atoms with Gasteiger partial charge in [0.2, 0.25) is 0 Å². The smallest absolute Gasteiger partial charge is 0.394 e. The Hall–Kier alpha value is -4.00. The summed E-state index contributed by atoms with van der Waals surface area (Å²) in [6, 6.07) is 12.5. The van der Waals surface area contributed by atoms with Gasteiger partial charge in [-0.25, -0.2) is 0 Å². The Balaban J connectivity index is 1.56. The van der Waals surface area contributed by atoms with Crippen LogP contribution in [0, 0.1) is 0 Å². The molecule has 4 nitrogen and oxygen atoms in total. The molecule has 1 saturated carbocycles. The van der Waals surface area contributed by atoms with Gasteiger partial charge in [0, 0.05) is 30.9 Å². The van der Waals surface area contributed by atoms with Crippen LogP contribution in [0.5, 0.6) is 0 Å². The van der Waals surface area contributed by atoms with Crippen LogP contribution in [0.1, 0.15) is 59.1 Å². The number of allylic oxidation sites excluding steroid dienone is 3. The summed E-state index contributed by atoms with van der Waals surface area (Å²) in [4.78, 5) is 0. The molecular weight excluding hydrogens is 497 g/mol. The van der Waals surface area contributed by atoms with Crippen molar-refractivity contribution in [3.63, 3.8) is 0 Å². The largest absolute Gasteiger partial charge is 0.416 e. The van der Waals surface area contributed by atoms with Crippen LogP contribution in [0.15, 0.2) is 91.3 Å². The lowest BCUT2D eigenvalue weighted by Gasteiger charge is -2.30. The topological polar surface area (TPSA) is 52.7 Å². The number of alkyl halides is 3. The number of aromatic amines is 1. The third-order valence-corrected chi connectivity index (χ3v) is 7.27. The first kappa shape index (κ1) is 28.0. The second-order valence-electron chi connectivity index (χ2n) is 10.0. The van der Waals surface area contributed by atoms with Gasteiger partial charge >= 0.3 is 6.18 Å². The second kappa shape index (κ2) is 11.8. The zero-order valence-corrected chi connectivity index (χ0v) is 22.5. The van der Waals surface area contributed by atoms with Gasteiger partial charge in [0.15, 0.2) is 0 Å². The van der Waals surface area contributed by atoms with E-state index in [0.717, 1.165) is 41.5 Å². The van der Waals surface area contributed by atoms with Gasteiger partial charge in [0.25, 0.3) is 0 Å². The Labute approximate surface area is 228 Å². The lowest BCUT2D eigenvalue weighted by Crippen LogP contribution is -2.15. The average Bonchev–Trinajstić information content (AvgIpc) is 3.41. The third kappa shape index (κ3) is 6.53. The molecule has 0 amide bonds. The fourth-order valence-electron chi connectivity index (χ4n) is 5.29. The van der Waals surface area contributed by atoms with Crippen molar-refractivity contribution in [2.45, 2.75) is 51.1 Å². The van der Waals surface area contributed by atoms with Crippen LogP contribution in [0.3, 0.4) is 0 Å². The minimum atomic E-state index is -4.47. The Morgan fingerprint density at radius 1 is 1.08 bits per heavy atom. The molecule has 2 aromatic carbocycles. The second-order valence-corrected chi connectivity index (χ2v) is 10.0. The summed E-state index contributed by atoms with van der Waals surface area (Å²) in [5.74, 6) is 0.724. The van der Waals surface area contributed by atoms with Crippen LogP contribution >= 0.6 is 0 Å². The van der Waals surface area contributed by atoms with E-state index < -0.39 is 11.7 Å². The van der Waals surface area contributed by atoms with Crippen LogP contribution in [0.2, 0.25) is 0 Å². The van der Waals surface area contributed by atoms with Crippen LogP contribution < -0.4 is 10.6 Å². The number of anilines is 1.